The van der Waals surface area contributed by atoms with Crippen LogP contribution in [0.1, 0.15) is 29.6 Å². The number of methoxy groups -OCH3 is 1. The summed E-state index contributed by atoms with van der Waals surface area (Å²) in [7, 11) is 1.56. The number of halogens is 1. The van der Waals surface area contributed by atoms with Crippen molar-refractivity contribution in [2.24, 2.45) is 5.73 Å². The van der Waals surface area contributed by atoms with Gasteiger partial charge in [0.25, 0.3) is 5.91 Å². The van der Waals surface area contributed by atoms with Crippen LogP contribution >= 0.6 is 12.4 Å². The first-order chi connectivity index (χ1) is 12.2. The molecule has 6 nitrogen and oxygen atoms in total. The van der Waals surface area contributed by atoms with E-state index in [2.05, 4.69) is 6.58 Å². The summed E-state index contributed by atoms with van der Waals surface area (Å²) >= 11 is 0. The van der Waals surface area contributed by atoms with Gasteiger partial charge in [0.05, 0.1) is 13.2 Å². The summed E-state index contributed by atoms with van der Waals surface area (Å²) in [5.41, 5.74) is 6.08. The maximum Gasteiger partial charge on any atom is 0.253 e. The number of likely N-dealkylation sites (tertiary alicyclic amines) is 1. The summed E-state index contributed by atoms with van der Waals surface area (Å²) in [5.74, 6) is 1.16. The van der Waals surface area contributed by atoms with Crippen LogP contribution < -0.4 is 15.2 Å². The smallest absolute Gasteiger partial charge is 0.253 e. The van der Waals surface area contributed by atoms with Gasteiger partial charge in [-0.2, -0.15) is 0 Å². The highest BCUT2D eigenvalue weighted by atomic mass is 35.5. The van der Waals surface area contributed by atoms with Crippen LogP contribution in [0.2, 0.25) is 0 Å². The van der Waals surface area contributed by atoms with Crippen molar-refractivity contribution in [1.29, 1.82) is 0 Å². The van der Waals surface area contributed by atoms with Crippen LogP contribution in [-0.2, 0) is 4.74 Å². The highest BCUT2D eigenvalue weighted by Crippen LogP contribution is 2.29. The zero-order valence-electron chi connectivity index (χ0n) is 15.3. The van der Waals surface area contributed by atoms with E-state index >= 15 is 0 Å². The summed E-state index contributed by atoms with van der Waals surface area (Å²) in [5, 5.41) is 0. The van der Waals surface area contributed by atoms with Gasteiger partial charge in [-0.1, -0.05) is 12.7 Å². The molecule has 26 heavy (non-hydrogen) atoms. The van der Waals surface area contributed by atoms with Gasteiger partial charge < -0.3 is 24.8 Å². The number of ether oxygens (including phenoxy) is 3. The molecule has 1 aliphatic heterocycles. The van der Waals surface area contributed by atoms with Crippen molar-refractivity contribution >= 4 is 18.3 Å². The highest BCUT2D eigenvalue weighted by molar-refractivity contribution is 5.95. The molecule has 7 heteroatoms. The molecule has 1 aliphatic rings. The first-order valence-electron chi connectivity index (χ1n) is 8.72. The summed E-state index contributed by atoms with van der Waals surface area (Å²) in [6.45, 7) is 6.75. The van der Waals surface area contributed by atoms with Crippen molar-refractivity contribution in [2.45, 2.75) is 25.4 Å². The molecule has 0 aliphatic carbocycles. The van der Waals surface area contributed by atoms with Gasteiger partial charge in [-0.3, -0.25) is 4.79 Å². The van der Waals surface area contributed by atoms with E-state index in [1.165, 1.54) is 0 Å². The highest BCUT2D eigenvalue weighted by Gasteiger charge is 2.24. The summed E-state index contributed by atoms with van der Waals surface area (Å²) in [6.07, 6.45) is 4.47. The average molecular weight is 385 g/mol. The number of piperidine rings is 1. The first-order valence-corrected chi connectivity index (χ1v) is 8.72. The van der Waals surface area contributed by atoms with Crippen molar-refractivity contribution in [3.8, 4) is 11.5 Å². The second-order valence-electron chi connectivity index (χ2n) is 5.97. The Bertz CT molecular complexity index is 575. The molecule has 2 rings (SSSR count). The maximum absolute atomic E-state index is 12.7. The molecule has 0 unspecified atom stereocenters. The summed E-state index contributed by atoms with van der Waals surface area (Å²) in [6, 6.07) is 5.26. The second-order valence-corrected chi connectivity index (χ2v) is 5.97. The van der Waals surface area contributed by atoms with Crippen LogP contribution in [0.25, 0.3) is 0 Å². The van der Waals surface area contributed by atoms with E-state index in [0.29, 0.717) is 49.9 Å². The van der Waals surface area contributed by atoms with Crippen LogP contribution in [0.5, 0.6) is 11.5 Å². The number of hydrogen-bond donors (Lipinski definition) is 1. The first kappa shape index (κ1) is 22.3. The van der Waals surface area contributed by atoms with E-state index < -0.39 is 0 Å². The standard InChI is InChI=1S/C19H28N2O4.ClH/c1-3-12-25-17-6-5-15(14-18(17)23-2)19(22)21-10-7-16(8-11-21)24-13-4-9-20;/h3,5-6,14,16H,1,4,7-13,20H2,2H3;1H. The predicted octanol–water partition coefficient (Wildman–Crippen LogP) is 2.65. The van der Waals surface area contributed by atoms with Crippen LogP contribution in [-0.4, -0.2) is 56.9 Å². The van der Waals surface area contributed by atoms with Gasteiger partial charge in [-0.25, -0.2) is 0 Å². The van der Waals surface area contributed by atoms with Gasteiger partial charge >= 0.3 is 0 Å². The number of benzene rings is 1. The van der Waals surface area contributed by atoms with Gasteiger partial charge in [-0.05, 0) is 44.0 Å². The lowest BCUT2D eigenvalue weighted by Gasteiger charge is -2.32. The molecule has 0 atom stereocenters. The predicted molar refractivity (Wildman–Crippen MR) is 104 cm³/mol. The van der Waals surface area contributed by atoms with Crippen LogP contribution in [0.3, 0.4) is 0 Å². The van der Waals surface area contributed by atoms with Crippen LogP contribution in [0, 0.1) is 0 Å². The van der Waals surface area contributed by atoms with E-state index in [1.54, 1.807) is 31.4 Å². The third-order valence-corrected chi connectivity index (χ3v) is 4.20. The molecule has 0 bridgehead atoms. The molecular weight excluding hydrogens is 356 g/mol. The van der Waals surface area contributed by atoms with E-state index in [-0.39, 0.29) is 24.4 Å². The monoisotopic (exact) mass is 384 g/mol. The maximum atomic E-state index is 12.7. The van der Waals surface area contributed by atoms with E-state index in [4.69, 9.17) is 19.9 Å². The van der Waals surface area contributed by atoms with Gasteiger partial charge in [0.1, 0.15) is 6.61 Å². The third kappa shape index (κ3) is 6.20. The fourth-order valence-electron chi connectivity index (χ4n) is 2.81. The van der Waals surface area contributed by atoms with Gasteiger partial charge in [0.2, 0.25) is 0 Å². The Morgan fingerprint density at radius 3 is 2.69 bits per heavy atom. The lowest BCUT2D eigenvalue weighted by atomic mass is 10.1. The quantitative estimate of drug-likeness (QED) is 0.523. The SMILES string of the molecule is C=CCOc1ccc(C(=O)N2CCC(OCCCN)CC2)cc1OC.Cl. The minimum Gasteiger partial charge on any atom is -0.493 e. The van der Waals surface area contributed by atoms with Crippen molar-refractivity contribution in [2.75, 3.05) is 40.0 Å². The van der Waals surface area contributed by atoms with E-state index in [9.17, 15) is 4.79 Å². The molecule has 146 valence electrons. The van der Waals surface area contributed by atoms with Gasteiger partial charge in [0, 0.05) is 25.3 Å². The Morgan fingerprint density at radius 2 is 2.08 bits per heavy atom. The van der Waals surface area contributed by atoms with Crippen molar-refractivity contribution < 1.29 is 19.0 Å². The Morgan fingerprint density at radius 1 is 1.35 bits per heavy atom. The number of carbonyl (C=O) groups is 1. The average Bonchev–Trinajstić information content (AvgIpc) is 2.66. The number of nitrogens with two attached hydrogens (primary N) is 1. The zero-order valence-corrected chi connectivity index (χ0v) is 16.1. The molecule has 2 N–H and O–H groups in total. The molecule has 1 heterocycles. The molecule has 0 radical (unpaired) electrons. The Hall–Kier alpha value is -1.76. The molecule has 1 aromatic rings. The fourth-order valence-corrected chi connectivity index (χ4v) is 2.81. The number of amides is 1. The number of rotatable bonds is 9. The van der Waals surface area contributed by atoms with Gasteiger partial charge in [0.15, 0.2) is 11.5 Å². The minimum absolute atomic E-state index is 0. The van der Waals surface area contributed by atoms with Gasteiger partial charge in [-0.15, -0.1) is 12.4 Å². The van der Waals surface area contributed by atoms with Crippen molar-refractivity contribution in [3.63, 3.8) is 0 Å². The van der Waals surface area contributed by atoms with E-state index in [0.717, 1.165) is 19.3 Å². The Labute approximate surface area is 161 Å². The minimum atomic E-state index is 0. The Kier molecular flexibility index (Phi) is 10.1. The largest absolute Gasteiger partial charge is 0.493 e. The fraction of sp³-hybridized carbons (Fsp3) is 0.526. The van der Waals surface area contributed by atoms with Crippen LogP contribution in [0.15, 0.2) is 30.9 Å². The lowest BCUT2D eigenvalue weighted by molar-refractivity contribution is 0.00844. The summed E-state index contributed by atoms with van der Waals surface area (Å²) < 4.78 is 16.6. The number of nitrogens with zero attached hydrogens (tertiary/aromatic N) is 1. The molecule has 1 saturated heterocycles. The molecule has 0 spiro atoms. The Balaban J connectivity index is 0.00000338. The summed E-state index contributed by atoms with van der Waals surface area (Å²) in [4.78, 5) is 14.6. The molecule has 0 aromatic heterocycles. The molecular formula is C19H29ClN2O4. The molecule has 1 amide bonds. The second kappa shape index (κ2) is 11.8. The lowest BCUT2D eigenvalue weighted by Crippen LogP contribution is -2.41. The van der Waals surface area contributed by atoms with E-state index in [1.807, 2.05) is 4.90 Å². The van der Waals surface area contributed by atoms with Crippen LogP contribution in [0.4, 0.5) is 0 Å². The molecule has 1 fully saturated rings. The topological polar surface area (TPSA) is 74.0 Å². The molecule has 0 saturated carbocycles. The number of carbonyl (C=O) groups excluding carboxylic acids is 1. The number of hydrogen-bond acceptors (Lipinski definition) is 5. The van der Waals surface area contributed by atoms with Crippen molar-refractivity contribution in [1.82, 2.24) is 4.90 Å². The van der Waals surface area contributed by atoms with Crippen molar-refractivity contribution in [3.05, 3.63) is 36.4 Å². The zero-order chi connectivity index (χ0) is 18.1. The molecule has 1 aromatic carbocycles. The third-order valence-electron chi connectivity index (χ3n) is 4.20. The normalized spacial score (nSPS) is 14.5.